The number of esters is 1. The average Bonchev–Trinajstić information content (AvgIpc) is 2.31. The van der Waals surface area contributed by atoms with Gasteiger partial charge >= 0.3 is 11.9 Å². The van der Waals surface area contributed by atoms with Crippen molar-refractivity contribution in [3.8, 4) is 0 Å². The fraction of sp³-hybridized carbons (Fsp3) is 0.231. The Labute approximate surface area is 110 Å². The molecule has 0 aliphatic carbocycles. The molecule has 96 valence electrons. The Morgan fingerprint density at radius 1 is 1.44 bits per heavy atom. The van der Waals surface area contributed by atoms with Crippen LogP contribution in [0.4, 0.5) is 0 Å². The first-order chi connectivity index (χ1) is 8.56. The van der Waals surface area contributed by atoms with Crippen molar-refractivity contribution in [2.75, 3.05) is 6.61 Å². The molecule has 0 saturated carbocycles. The van der Waals surface area contributed by atoms with E-state index in [1.165, 1.54) is 18.2 Å². The van der Waals surface area contributed by atoms with Crippen molar-refractivity contribution in [3.05, 3.63) is 40.4 Å². The zero-order valence-corrected chi connectivity index (χ0v) is 10.6. The van der Waals surface area contributed by atoms with Crippen LogP contribution in [0.5, 0.6) is 0 Å². The molecule has 1 aromatic rings. The molecular formula is C13H13ClO4. The van der Waals surface area contributed by atoms with Gasteiger partial charge in [0.25, 0.3) is 0 Å². The summed E-state index contributed by atoms with van der Waals surface area (Å²) in [6, 6.07) is 4.62. The molecule has 1 aromatic carbocycles. The minimum atomic E-state index is -1.06. The molecule has 1 rings (SSSR count). The van der Waals surface area contributed by atoms with Crippen LogP contribution in [-0.4, -0.2) is 23.7 Å². The summed E-state index contributed by atoms with van der Waals surface area (Å²) in [7, 11) is 0. The molecule has 0 aromatic heterocycles. The van der Waals surface area contributed by atoms with E-state index in [1.807, 2.05) is 0 Å². The number of hydrogen-bond donors (Lipinski definition) is 1. The van der Waals surface area contributed by atoms with Crippen LogP contribution in [0, 0.1) is 0 Å². The number of halogens is 1. The molecule has 0 amide bonds. The highest BCUT2D eigenvalue weighted by molar-refractivity contribution is 6.32. The predicted octanol–water partition coefficient (Wildman–Crippen LogP) is 3.00. The van der Waals surface area contributed by atoms with Gasteiger partial charge in [-0.05, 0) is 19.1 Å². The van der Waals surface area contributed by atoms with Gasteiger partial charge in [0.15, 0.2) is 0 Å². The van der Waals surface area contributed by atoms with Gasteiger partial charge in [0.05, 0.1) is 18.6 Å². The van der Waals surface area contributed by atoms with Crippen molar-refractivity contribution in [1.82, 2.24) is 0 Å². The topological polar surface area (TPSA) is 63.6 Å². The van der Waals surface area contributed by atoms with Crippen molar-refractivity contribution in [1.29, 1.82) is 0 Å². The van der Waals surface area contributed by atoms with Crippen molar-refractivity contribution in [3.63, 3.8) is 0 Å². The van der Waals surface area contributed by atoms with E-state index in [2.05, 4.69) is 0 Å². The minimum absolute atomic E-state index is 0.0815. The summed E-state index contributed by atoms with van der Waals surface area (Å²) in [5, 5.41) is 9.33. The van der Waals surface area contributed by atoms with Crippen molar-refractivity contribution in [2.24, 2.45) is 0 Å². The molecule has 0 atom stereocenters. The first kappa shape index (κ1) is 14.3. The molecule has 0 saturated heterocycles. The molecule has 0 unspecified atom stereocenters. The number of rotatable bonds is 5. The van der Waals surface area contributed by atoms with Gasteiger partial charge in [-0.25, -0.2) is 4.79 Å². The van der Waals surface area contributed by atoms with E-state index >= 15 is 0 Å². The molecule has 0 aliphatic heterocycles. The summed E-state index contributed by atoms with van der Waals surface area (Å²) >= 11 is 5.92. The van der Waals surface area contributed by atoms with E-state index in [1.54, 1.807) is 19.1 Å². The largest absolute Gasteiger partial charge is 0.478 e. The molecule has 5 heteroatoms. The van der Waals surface area contributed by atoms with Crippen LogP contribution < -0.4 is 0 Å². The SMILES string of the molecule is CCOC(=O)CC=Cc1c(Cl)cccc1C(=O)O. The number of carbonyl (C=O) groups excluding carboxylic acids is 1. The Hall–Kier alpha value is -1.81. The van der Waals surface area contributed by atoms with Gasteiger partial charge in [-0.3, -0.25) is 4.79 Å². The molecule has 18 heavy (non-hydrogen) atoms. The van der Waals surface area contributed by atoms with E-state index in [9.17, 15) is 9.59 Å². The minimum Gasteiger partial charge on any atom is -0.478 e. The molecule has 0 aliphatic rings. The maximum atomic E-state index is 11.1. The van der Waals surface area contributed by atoms with Crippen LogP contribution in [0.15, 0.2) is 24.3 Å². The highest BCUT2D eigenvalue weighted by Crippen LogP contribution is 2.21. The second kappa shape index (κ2) is 6.81. The van der Waals surface area contributed by atoms with Crippen molar-refractivity contribution in [2.45, 2.75) is 13.3 Å². The second-order valence-electron chi connectivity index (χ2n) is 3.42. The van der Waals surface area contributed by atoms with Gasteiger partial charge in [-0.1, -0.05) is 29.8 Å². The van der Waals surface area contributed by atoms with Gasteiger partial charge in [-0.15, -0.1) is 0 Å². The predicted molar refractivity (Wildman–Crippen MR) is 68.7 cm³/mol. The third-order valence-corrected chi connectivity index (χ3v) is 2.49. The number of carboxylic acids is 1. The lowest BCUT2D eigenvalue weighted by atomic mass is 10.1. The molecule has 0 spiro atoms. The summed E-state index contributed by atoms with van der Waals surface area (Å²) < 4.78 is 4.75. The highest BCUT2D eigenvalue weighted by Gasteiger charge is 2.10. The van der Waals surface area contributed by atoms with E-state index in [0.717, 1.165) is 0 Å². The number of hydrogen-bond acceptors (Lipinski definition) is 3. The lowest BCUT2D eigenvalue weighted by molar-refractivity contribution is -0.142. The molecule has 4 nitrogen and oxygen atoms in total. The quantitative estimate of drug-likeness (QED) is 0.834. The van der Waals surface area contributed by atoms with Crippen LogP contribution in [0.2, 0.25) is 5.02 Å². The maximum Gasteiger partial charge on any atom is 0.336 e. The van der Waals surface area contributed by atoms with Gasteiger partial charge in [0.1, 0.15) is 0 Å². The Morgan fingerprint density at radius 3 is 2.78 bits per heavy atom. The third kappa shape index (κ3) is 3.89. The molecule has 0 heterocycles. The number of carbonyl (C=O) groups is 2. The van der Waals surface area contributed by atoms with Crippen LogP contribution in [-0.2, 0) is 9.53 Å². The Morgan fingerprint density at radius 2 is 2.17 bits per heavy atom. The standard InChI is InChI=1S/C13H13ClO4/c1-2-18-12(15)8-4-5-9-10(13(16)17)6-3-7-11(9)14/h3-7H,2,8H2,1H3,(H,16,17). The molecule has 0 radical (unpaired) electrons. The number of ether oxygens (including phenoxy) is 1. The Balaban J connectivity index is 2.86. The van der Waals surface area contributed by atoms with E-state index < -0.39 is 5.97 Å². The summed E-state index contributed by atoms with van der Waals surface area (Å²) in [5.74, 6) is -1.43. The smallest absolute Gasteiger partial charge is 0.336 e. The van der Waals surface area contributed by atoms with Gasteiger partial charge in [0, 0.05) is 10.6 Å². The van der Waals surface area contributed by atoms with Gasteiger partial charge < -0.3 is 9.84 Å². The number of benzene rings is 1. The Kier molecular flexibility index (Phi) is 5.39. The first-order valence-corrected chi connectivity index (χ1v) is 5.78. The summed E-state index contributed by atoms with van der Waals surface area (Å²) in [6.45, 7) is 2.04. The summed E-state index contributed by atoms with van der Waals surface area (Å²) in [5.41, 5.74) is 0.485. The average molecular weight is 269 g/mol. The lowest BCUT2D eigenvalue weighted by Crippen LogP contribution is -2.02. The molecular weight excluding hydrogens is 256 g/mol. The van der Waals surface area contributed by atoms with Crippen LogP contribution in [0.25, 0.3) is 6.08 Å². The summed E-state index contributed by atoms with van der Waals surface area (Å²) in [6.07, 6.45) is 3.13. The second-order valence-corrected chi connectivity index (χ2v) is 3.82. The van der Waals surface area contributed by atoms with E-state index in [4.69, 9.17) is 21.4 Å². The molecule has 1 N–H and O–H groups in total. The van der Waals surface area contributed by atoms with E-state index in [-0.39, 0.29) is 18.0 Å². The van der Waals surface area contributed by atoms with Gasteiger partial charge in [0.2, 0.25) is 0 Å². The molecule has 0 fully saturated rings. The zero-order chi connectivity index (χ0) is 13.5. The normalized spacial score (nSPS) is 10.6. The van der Waals surface area contributed by atoms with Crippen LogP contribution in [0.1, 0.15) is 29.3 Å². The Bertz CT molecular complexity index is 480. The fourth-order valence-electron chi connectivity index (χ4n) is 1.39. The van der Waals surface area contributed by atoms with Gasteiger partial charge in [-0.2, -0.15) is 0 Å². The number of carboxylic acid groups (broad SMARTS) is 1. The highest BCUT2D eigenvalue weighted by atomic mass is 35.5. The van der Waals surface area contributed by atoms with Crippen molar-refractivity contribution < 1.29 is 19.4 Å². The third-order valence-electron chi connectivity index (χ3n) is 2.16. The maximum absolute atomic E-state index is 11.1. The lowest BCUT2D eigenvalue weighted by Gasteiger charge is -2.03. The molecule has 0 bridgehead atoms. The monoisotopic (exact) mass is 268 g/mol. The fourth-order valence-corrected chi connectivity index (χ4v) is 1.62. The number of aromatic carboxylic acids is 1. The summed E-state index contributed by atoms with van der Waals surface area (Å²) in [4.78, 5) is 22.1. The van der Waals surface area contributed by atoms with Crippen LogP contribution >= 0.6 is 11.6 Å². The first-order valence-electron chi connectivity index (χ1n) is 5.40. The van der Waals surface area contributed by atoms with Crippen molar-refractivity contribution >= 4 is 29.6 Å². The van der Waals surface area contributed by atoms with E-state index in [0.29, 0.717) is 17.2 Å². The zero-order valence-electron chi connectivity index (χ0n) is 9.85. The van der Waals surface area contributed by atoms with Crippen LogP contribution in [0.3, 0.4) is 0 Å².